The second-order valence-corrected chi connectivity index (χ2v) is 9.48. The quantitative estimate of drug-likeness (QED) is 0.719. The van der Waals surface area contributed by atoms with Gasteiger partial charge in [0, 0.05) is 46.0 Å². The summed E-state index contributed by atoms with van der Waals surface area (Å²) >= 11 is 13.3. The highest BCUT2D eigenvalue weighted by atomic mass is 35.5. The molecule has 1 N–H and O–H groups in total. The summed E-state index contributed by atoms with van der Waals surface area (Å²) in [6.07, 6.45) is 0. The molecule has 0 bridgehead atoms. The molecule has 0 aliphatic carbocycles. The Kier molecular flexibility index (Phi) is 6.21. The maximum atomic E-state index is 13.1. The molecule has 1 fully saturated rings. The van der Waals surface area contributed by atoms with E-state index in [0.29, 0.717) is 46.0 Å². The summed E-state index contributed by atoms with van der Waals surface area (Å²) < 4.78 is 27.6. The van der Waals surface area contributed by atoms with Crippen molar-refractivity contribution in [3.05, 3.63) is 51.4 Å². The molecule has 26 heavy (non-hydrogen) atoms. The van der Waals surface area contributed by atoms with Crippen molar-refractivity contribution in [2.45, 2.75) is 14.7 Å². The standard InChI is InChI=1S/C16H15Cl2N3O3S2/c17-11-7-12(18)9-14(8-11)25-15-2-1-13(20-22)10-16(15)26(23,24)21-5-3-19-4-6-21/h1-2,7-10,19H,3-6H2. The highest BCUT2D eigenvalue weighted by molar-refractivity contribution is 8.00. The molecule has 0 saturated carbocycles. The van der Waals surface area contributed by atoms with Gasteiger partial charge in [0.25, 0.3) is 0 Å². The molecule has 6 nitrogen and oxygen atoms in total. The second kappa shape index (κ2) is 8.24. The van der Waals surface area contributed by atoms with Gasteiger partial charge in [0.15, 0.2) is 0 Å². The summed E-state index contributed by atoms with van der Waals surface area (Å²) in [6.45, 7) is 1.90. The molecule has 1 heterocycles. The number of hydrogen-bond donors (Lipinski definition) is 1. The molecular weight excluding hydrogens is 417 g/mol. The maximum absolute atomic E-state index is 13.1. The van der Waals surface area contributed by atoms with Crippen LogP contribution in [0.4, 0.5) is 5.69 Å². The van der Waals surface area contributed by atoms with Gasteiger partial charge < -0.3 is 5.32 Å². The lowest BCUT2D eigenvalue weighted by Crippen LogP contribution is -2.46. The second-order valence-electron chi connectivity index (χ2n) is 5.58. The van der Waals surface area contributed by atoms with Gasteiger partial charge in [0.2, 0.25) is 10.0 Å². The number of benzene rings is 2. The fourth-order valence-electron chi connectivity index (χ4n) is 2.58. The Morgan fingerprint density at radius 1 is 1.04 bits per heavy atom. The molecule has 0 radical (unpaired) electrons. The van der Waals surface area contributed by atoms with Crippen LogP contribution in [0.5, 0.6) is 0 Å². The predicted octanol–water partition coefficient (Wildman–Crippen LogP) is 4.14. The molecule has 0 unspecified atom stereocenters. The number of sulfonamides is 1. The molecule has 0 atom stereocenters. The molecule has 1 saturated heterocycles. The van der Waals surface area contributed by atoms with Crippen LogP contribution in [0.15, 0.2) is 56.3 Å². The Balaban J connectivity index is 2.04. The first-order valence-corrected chi connectivity index (χ1v) is 10.7. The smallest absolute Gasteiger partial charge is 0.244 e. The minimum atomic E-state index is -3.76. The average molecular weight is 432 g/mol. The molecule has 1 aliphatic rings. The van der Waals surface area contributed by atoms with Crippen molar-refractivity contribution in [2.24, 2.45) is 5.18 Å². The van der Waals surface area contributed by atoms with E-state index >= 15 is 0 Å². The van der Waals surface area contributed by atoms with Crippen LogP contribution in [0, 0.1) is 4.91 Å². The number of rotatable bonds is 5. The first-order chi connectivity index (χ1) is 12.4. The van der Waals surface area contributed by atoms with Gasteiger partial charge in [-0.3, -0.25) is 0 Å². The van der Waals surface area contributed by atoms with E-state index in [1.54, 1.807) is 24.3 Å². The molecular formula is C16H15Cl2N3O3S2. The zero-order valence-corrected chi connectivity index (χ0v) is 16.6. The third-order valence-electron chi connectivity index (χ3n) is 3.79. The summed E-state index contributed by atoms with van der Waals surface area (Å²) in [5, 5.41) is 6.90. The van der Waals surface area contributed by atoms with Gasteiger partial charge in [-0.1, -0.05) is 35.0 Å². The molecule has 0 spiro atoms. The summed E-state index contributed by atoms with van der Waals surface area (Å²) in [5.74, 6) is 0. The van der Waals surface area contributed by atoms with Crippen LogP contribution in [0.2, 0.25) is 10.0 Å². The normalized spacial score (nSPS) is 15.8. The van der Waals surface area contributed by atoms with Crippen molar-refractivity contribution in [2.75, 3.05) is 26.2 Å². The van der Waals surface area contributed by atoms with Crippen LogP contribution in [0.25, 0.3) is 0 Å². The molecule has 0 aromatic heterocycles. The van der Waals surface area contributed by atoms with Crippen molar-refractivity contribution in [1.82, 2.24) is 9.62 Å². The van der Waals surface area contributed by atoms with E-state index in [0.717, 1.165) is 0 Å². The fourth-order valence-corrected chi connectivity index (χ4v) is 6.13. The number of piperazine rings is 1. The van der Waals surface area contributed by atoms with Gasteiger partial charge in [-0.25, -0.2) is 8.42 Å². The lowest BCUT2D eigenvalue weighted by Gasteiger charge is -2.27. The highest BCUT2D eigenvalue weighted by Gasteiger charge is 2.29. The monoisotopic (exact) mass is 431 g/mol. The minimum Gasteiger partial charge on any atom is -0.314 e. The van der Waals surface area contributed by atoms with Gasteiger partial charge in [-0.15, -0.1) is 4.91 Å². The minimum absolute atomic E-state index is 0.0533. The Morgan fingerprint density at radius 2 is 1.69 bits per heavy atom. The van der Waals surface area contributed by atoms with Crippen molar-refractivity contribution >= 4 is 50.7 Å². The average Bonchev–Trinajstić information content (AvgIpc) is 2.62. The van der Waals surface area contributed by atoms with Gasteiger partial charge in [0.05, 0.1) is 4.90 Å². The van der Waals surface area contributed by atoms with E-state index in [-0.39, 0.29) is 10.6 Å². The molecule has 138 valence electrons. The van der Waals surface area contributed by atoms with Crippen LogP contribution in [0.3, 0.4) is 0 Å². The Hall–Kier alpha value is -1.16. The van der Waals surface area contributed by atoms with Crippen LogP contribution in [-0.2, 0) is 10.0 Å². The number of nitrogens with one attached hydrogen (secondary N) is 1. The Morgan fingerprint density at radius 3 is 2.31 bits per heavy atom. The largest absolute Gasteiger partial charge is 0.314 e. The van der Waals surface area contributed by atoms with Gasteiger partial charge in [0.1, 0.15) is 5.69 Å². The Labute approximate surface area is 165 Å². The third-order valence-corrected chi connectivity index (χ3v) is 7.34. The lowest BCUT2D eigenvalue weighted by atomic mass is 10.3. The van der Waals surface area contributed by atoms with Crippen molar-refractivity contribution in [1.29, 1.82) is 0 Å². The summed E-state index contributed by atoms with van der Waals surface area (Å²) in [6, 6.07) is 9.36. The molecule has 0 amide bonds. The fraction of sp³-hybridized carbons (Fsp3) is 0.250. The van der Waals surface area contributed by atoms with E-state index < -0.39 is 10.0 Å². The van der Waals surface area contributed by atoms with Crippen molar-refractivity contribution < 1.29 is 8.42 Å². The van der Waals surface area contributed by atoms with Crippen molar-refractivity contribution in [3.63, 3.8) is 0 Å². The number of hydrogen-bond acceptors (Lipinski definition) is 6. The van der Waals surface area contributed by atoms with Crippen LogP contribution in [-0.4, -0.2) is 38.9 Å². The van der Waals surface area contributed by atoms with Gasteiger partial charge in [-0.05, 0) is 41.6 Å². The lowest BCUT2D eigenvalue weighted by molar-refractivity contribution is 0.359. The summed E-state index contributed by atoms with van der Waals surface area (Å²) in [5.41, 5.74) is 0.0622. The van der Waals surface area contributed by atoms with Crippen LogP contribution in [0.1, 0.15) is 0 Å². The number of nitrogens with zero attached hydrogens (tertiary/aromatic N) is 2. The van der Waals surface area contributed by atoms with E-state index in [1.165, 1.54) is 28.2 Å². The molecule has 3 rings (SSSR count). The van der Waals surface area contributed by atoms with E-state index in [2.05, 4.69) is 10.5 Å². The molecule has 2 aromatic rings. The topological polar surface area (TPSA) is 78.8 Å². The first kappa shape index (κ1) is 19.6. The Bertz CT molecular complexity index is 912. The molecule has 2 aromatic carbocycles. The highest BCUT2D eigenvalue weighted by Crippen LogP contribution is 2.38. The van der Waals surface area contributed by atoms with Crippen molar-refractivity contribution in [3.8, 4) is 0 Å². The molecule has 10 heteroatoms. The zero-order valence-electron chi connectivity index (χ0n) is 13.5. The molecule has 1 aliphatic heterocycles. The predicted molar refractivity (Wildman–Crippen MR) is 104 cm³/mol. The van der Waals surface area contributed by atoms with Crippen LogP contribution < -0.4 is 5.32 Å². The van der Waals surface area contributed by atoms with Gasteiger partial charge in [-0.2, -0.15) is 4.31 Å². The summed E-state index contributed by atoms with van der Waals surface area (Å²) in [4.78, 5) is 12.1. The number of nitroso groups, excluding NO2 is 1. The SMILES string of the molecule is O=Nc1ccc(Sc2cc(Cl)cc(Cl)c2)c(S(=O)(=O)N2CCNCC2)c1. The first-order valence-electron chi connectivity index (χ1n) is 7.72. The third kappa shape index (κ3) is 4.39. The van der Waals surface area contributed by atoms with E-state index in [9.17, 15) is 13.3 Å². The van der Waals surface area contributed by atoms with Crippen LogP contribution >= 0.6 is 35.0 Å². The van der Waals surface area contributed by atoms with E-state index in [4.69, 9.17) is 23.2 Å². The zero-order chi connectivity index (χ0) is 18.7. The number of halogens is 2. The van der Waals surface area contributed by atoms with E-state index in [1.807, 2.05) is 0 Å². The summed E-state index contributed by atoms with van der Waals surface area (Å²) in [7, 11) is -3.76. The maximum Gasteiger partial charge on any atom is 0.244 e. The van der Waals surface area contributed by atoms with Gasteiger partial charge >= 0.3 is 0 Å².